The van der Waals surface area contributed by atoms with Crippen molar-refractivity contribution in [3.05, 3.63) is 0 Å². The lowest BCUT2D eigenvalue weighted by Gasteiger charge is -2.31. The van der Waals surface area contributed by atoms with Crippen molar-refractivity contribution < 1.29 is 50.2 Å². The van der Waals surface area contributed by atoms with E-state index in [4.69, 9.17) is 50.2 Å². The van der Waals surface area contributed by atoms with Gasteiger partial charge in [0.1, 0.15) is 0 Å². The van der Waals surface area contributed by atoms with Crippen molar-refractivity contribution in [3.63, 3.8) is 0 Å². The highest BCUT2D eigenvalue weighted by Crippen LogP contribution is 2.21. The summed E-state index contributed by atoms with van der Waals surface area (Å²) < 4.78 is 63.7. The average Bonchev–Trinajstić information content (AvgIpc) is 2.98. The summed E-state index contributed by atoms with van der Waals surface area (Å²) in [5, 5.41) is 0. The Bertz CT molecular complexity index is 519. The lowest BCUT2D eigenvalue weighted by Crippen LogP contribution is -2.47. The third kappa shape index (κ3) is 23.0. The molecule has 0 radical (unpaired) electrons. The summed E-state index contributed by atoms with van der Waals surface area (Å²) in [7, 11) is -3.70. The maximum absolute atomic E-state index is 6.06. The predicted octanol–water partition coefficient (Wildman–Crippen LogP) is 3.88. The molecule has 0 unspecified atom stereocenters. The first-order valence-corrected chi connectivity index (χ1v) is 20.2. The van der Waals surface area contributed by atoms with Crippen LogP contribution < -0.4 is 0 Å². The topological polar surface area (TPSA) is 105 Å². The Kier molecular flexibility index (Phi) is 30.6. The molecule has 0 aromatic heterocycles. The first-order chi connectivity index (χ1) is 21.0. The molecule has 0 bridgehead atoms. The highest BCUT2D eigenvalue weighted by Gasteiger charge is 2.41. The van der Waals surface area contributed by atoms with Crippen molar-refractivity contribution in [2.45, 2.75) is 66.5 Å². The summed E-state index contributed by atoms with van der Waals surface area (Å²) in [5.41, 5.74) is 0. The SMILES string of the molecule is CCO[Si](CCCN(CCC[Si](OCC)(OCC)OCC)CCOCCOCCOCCOCCOC)(OCC)OCC. The van der Waals surface area contributed by atoms with E-state index in [1.165, 1.54) is 0 Å². The van der Waals surface area contributed by atoms with Crippen LogP contribution in [0.5, 0.6) is 0 Å². The quantitative estimate of drug-likeness (QED) is 0.0729. The molecule has 0 aromatic carbocycles. The van der Waals surface area contributed by atoms with Crippen LogP contribution in [-0.4, -0.2) is 148 Å². The summed E-state index contributed by atoms with van der Waals surface area (Å²) in [6.45, 7) is 23.1. The number of methoxy groups -OCH3 is 1. The molecule has 12 nitrogen and oxygen atoms in total. The van der Waals surface area contributed by atoms with E-state index < -0.39 is 17.6 Å². The van der Waals surface area contributed by atoms with E-state index in [1.54, 1.807) is 7.11 Å². The molecule has 0 saturated carbocycles. The fraction of sp³-hybridized carbons (Fsp3) is 1.00. The summed E-state index contributed by atoms with van der Waals surface area (Å²) in [6.07, 6.45) is 1.83. The van der Waals surface area contributed by atoms with Crippen LogP contribution in [0.1, 0.15) is 54.4 Å². The molecule has 43 heavy (non-hydrogen) atoms. The summed E-state index contributed by atoms with van der Waals surface area (Å²) in [5.74, 6) is 0. The van der Waals surface area contributed by atoms with Gasteiger partial charge in [0.25, 0.3) is 0 Å². The molecule has 0 N–H and O–H groups in total. The van der Waals surface area contributed by atoms with Gasteiger partial charge in [-0.3, -0.25) is 0 Å². The van der Waals surface area contributed by atoms with Gasteiger partial charge in [0.2, 0.25) is 0 Å². The fourth-order valence-corrected chi connectivity index (χ4v) is 9.66. The molecule has 0 spiro atoms. The van der Waals surface area contributed by atoms with E-state index in [2.05, 4.69) is 4.90 Å². The van der Waals surface area contributed by atoms with Crippen molar-refractivity contribution in [1.82, 2.24) is 4.90 Å². The minimum Gasteiger partial charge on any atom is -0.382 e. The Hall–Kier alpha value is -0.0462. The van der Waals surface area contributed by atoms with Crippen LogP contribution in [0.2, 0.25) is 12.1 Å². The molecule has 260 valence electrons. The first kappa shape index (κ1) is 43.0. The van der Waals surface area contributed by atoms with Crippen LogP contribution in [0.25, 0.3) is 0 Å². The lowest BCUT2D eigenvalue weighted by molar-refractivity contribution is -0.00931. The molecular formula is C29H65NO11Si2. The van der Waals surface area contributed by atoms with Crippen molar-refractivity contribution in [2.24, 2.45) is 0 Å². The number of ether oxygens (including phenoxy) is 5. The molecule has 0 rings (SSSR count). The zero-order valence-corrected chi connectivity index (χ0v) is 30.5. The molecule has 0 aliphatic rings. The van der Waals surface area contributed by atoms with Crippen LogP contribution in [0.4, 0.5) is 0 Å². The third-order valence-corrected chi connectivity index (χ3v) is 12.5. The smallest absolute Gasteiger partial charge is 0.382 e. The van der Waals surface area contributed by atoms with E-state index in [9.17, 15) is 0 Å². The largest absolute Gasteiger partial charge is 0.500 e. The van der Waals surface area contributed by atoms with E-state index in [0.29, 0.717) is 99.1 Å². The van der Waals surface area contributed by atoms with Crippen molar-refractivity contribution in [3.8, 4) is 0 Å². The maximum atomic E-state index is 6.06. The van der Waals surface area contributed by atoms with Crippen molar-refractivity contribution in [1.29, 1.82) is 0 Å². The van der Waals surface area contributed by atoms with Crippen LogP contribution in [0.15, 0.2) is 0 Å². The Labute approximate surface area is 264 Å². The Morgan fingerprint density at radius 3 is 1.00 bits per heavy atom. The van der Waals surface area contributed by atoms with Crippen molar-refractivity contribution in [2.75, 3.05) is 126 Å². The monoisotopic (exact) mass is 659 g/mol. The Morgan fingerprint density at radius 2 is 0.698 bits per heavy atom. The third-order valence-electron chi connectivity index (χ3n) is 6.20. The molecule has 0 aromatic rings. The second-order valence-electron chi connectivity index (χ2n) is 9.46. The fourth-order valence-electron chi connectivity index (χ4n) is 4.47. The molecule has 0 fully saturated rings. The van der Waals surface area contributed by atoms with Crippen LogP contribution in [0.3, 0.4) is 0 Å². The van der Waals surface area contributed by atoms with Gasteiger partial charge >= 0.3 is 17.6 Å². The Morgan fingerprint density at radius 1 is 0.395 bits per heavy atom. The number of hydrogen-bond acceptors (Lipinski definition) is 12. The van der Waals surface area contributed by atoms with E-state index >= 15 is 0 Å². The number of nitrogens with zero attached hydrogens (tertiary/aromatic N) is 1. The normalized spacial score (nSPS) is 12.6. The Balaban J connectivity index is 4.71. The summed E-state index contributed by atoms with van der Waals surface area (Å²) >= 11 is 0. The van der Waals surface area contributed by atoms with Crippen LogP contribution in [-0.2, 0) is 50.2 Å². The van der Waals surface area contributed by atoms with Gasteiger partial charge in [0, 0.05) is 65.4 Å². The van der Waals surface area contributed by atoms with E-state index in [-0.39, 0.29) is 0 Å². The maximum Gasteiger partial charge on any atom is 0.500 e. The van der Waals surface area contributed by atoms with Gasteiger partial charge in [-0.1, -0.05) is 0 Å². The van der Waals surface area contributed by atoms with Crippen molar-refractivity contribution >= 4 is 17.6 Å². The molecule has 0 aliphatic heterocycles. The molecule has 0 aliphatic carbocycles. The molecule has 0 saturated heterocycles. The highest BCUT2D eigenvalue weighted by atomic mass is 28.4. The van der Waals surface area contributed by atoms with Gasteiger partial charge in [-0.25, -0.2) is 0 Å². The molecule has 14 heteroatoms. The number of rotatable bonds is 35. The number of hydrogen-bond donors (Lipinski definition) is 0. The zero-order chi connectivity index (χ0) is 31.9. The van der Waals surface area contributed by atoms with Gasteiger partial charge in [0.15, 0.2) is 0 Å². The summed E-state index contributed by atoms with van der Waals surface area (Å²) in [6, 6.07) is 1.56. The predicted molar refractivity (Wildman–Crippen MR) is 172 cm³/mol. The molecule has 0 amide bonds. The molecule has 0 heterocycles. The first-order valence-electron chi connectivity index (χ1n) is 16.4. The average molecular weight is 660 g/mol. The molecular weight excluding hydrogens is 594 g/mol. The second kappa shape index (κ2) is 30.6. The molecule has 0 atom stereocenters. The van der Waals surface area contributed by atoms with Gasteiger partial charge in [-0.15, -0.1) is 0 Å². The van der Waals surface area contributed by atoms with Gasteiger partial charge in [-0.05, 0) is 67.5 Å². The minimum absolute atomic E-state index is 0.532. The zero-order valence-electron chi connectivity index (χ0n) is 28.5. The lowest BCUT2D eigenvalue weighted by atomic mass is 10.3. The highest BCUT2D eigenvalue weighted by molar-refractivity contribution is 6.61. The standard InChI is InChI=1S/C29H65NO11Si2/c1-8-36-42(37-9-2,38-10-3)28-14-16-30(17-15-29-43(39-11-4,40-12-5)41-13-6)18-19-32-22-23-34-26-27-35-25-24-33-21-20-31-7/h8-29H2,1-7H3. The van der Waals surface area contributed by atoms with Gasteiger partial charge in [0.05, 0.1) is 59.5 Å². The second-order valence-corrected chi connectivity index (χ2v) is 14.9. The van der Waals surface area contributed by atoms with Crippen LogP contribution >= 0.6 is 0 Å². The summed E-state index contributed by atoms with van der Waals surface area (Å²) in [4.78, 5) is 2.43. The van der Waals surface area contributed by atoms with E-state index in [0.717, 1.165) is 44.6 Å². The van der Waals surface area contributed by atoms with Gasteiger partial charge in [-0.2, -0.15) is 0 Å². The van der Waals surface area contributed by atoms with E-state index in [1.807, 2.05) is 41.5 Å². The van der Waals surface area contributed by atoms with Crippen LogP contribution in [0, 0.1) is 0 Å². The minimum atomic E-state index is -2.68. The van der Waals surface area contributed by atoms with Gasteiger partial charge < -0.3 is 55.1 Å².